The molecule has 0 fully saturated rings. The summed E-state index contributed by atoms with van der Waals surface area (Å²) in [6.07, 6.45) is 5.10. The Morgan fingerprint density at radius 3 is 2.62 bits per heavy atom. The third-order valence-corrected chi connectivity index (χ3v) is 3.96. The smallest absolute Gasteiger partial charge is 0.280 e. The highest BCUT2D eigenvalue weighted by molar-refractivity contribution is 5.95. The highest BCUT2D eigenvalue weighted by atomic mass is 19.2. The number of terminal acetylenes is 1. The van der Waals surface area contributed by atoms with Gasteiger partial charge >= 0.3 is 0 Å². The number of carbonyl (C=O) groups is 1. The Bertz CT molecular complexity index is 890. The van der Waals surface area contributed by atoms with Gasteiger partial charge in [-0.25, -0.2) is 13.5 Å². The summed E-state index contributed by atoms with van der Waals surface area (Å²) in [6, 6.07) is 2.84. The molecule has 1 amide bonds. The molecule has 0 bridgehead atoms. The molecule has 1 heterocycles. The van der Waals surface area contributed by atoms with Crippen molar-refractivity contribution in [3.63, 3.8) is 0 Å². The quantitative estimate of drug-likeness (QED) is 0.867. The first kappa shape index (κ1) is 17.5. The van der Waals surface area contributed by atoms with Crippen LogP contribution in [0, 0.1) is 30.9 Å². The molecule has 2 rings (SSSR count). The number of hydrogen-bond acceptors (Lipinski definition) is 2. The molecule has 1 unspecified atom stereocenters. The molecule has 0 spiro atoms. The summed E-state index contributed by atoms with van der Waals surface area (Å²) in [5.74, 6) is -0.261. The van der Waals surface area contributed by atoms with E-state index in [4.69, 9.17) is 6.42 Å². The third kappa shape index (κ3) is 2.95. The third-order valence-electron chi connectivity index (χ3n) is 3.96. The zero-order chi connectivity index (χ0) is 18.0. The van der Waals surface area contributed by atoms with E-state index in [0.29, 0.717) is 11.3 Å². The van der Waals surface area contributed by atoms with Crippen molar-refractivity contribution in [3.8, 4) is 12.3 Å². The Morgan fingerprint density at radius 2 is 2.04 bits per heavy atom. The lowest BCUT2D eigenvalue weighted by molar-refractivity contribution is 0.0957. The molecule has 1 atom stereocenters. The first-order valence-electron chi connectivity index (χ1n) is 7.24. The number of hydrogen-bond donors (Lipinski definition) is 1. The van der Waals surface area contributed by atoms with Crippen LogP contribution in [-0.4, -0.2) is 21.8 Å². The average molecular weight is 333 g/mol. The minimum absolute atomic E-state index is 0.00529. The Balaban J connectivity index is 2.51. The number of benzene rings is 1. The normalized spacial score (nSPS) is 11.8. The highest BCUT2D eigenvalue weighted by Gasteiger charge is 2.24. The van der Waals surface area contributed by atoms with Crippen LogP contribution in [0.4, 0.5) is 8.78 Å². The summed E-state index contributed by atoms with van der Waals surface area (Å²) in [6.45, 7) is 3.29. The van der Waals surface area contributed by atoms with Gasteiger partial charge in [-0.3, -0.25) is 14.3 Å². The van der Waals surface area contributed by atoms with E-state index < -0.39 is 29.1 Å². The second-order valence-corrected chi connectivity index (χ2v) is 5.37. The molecule has 0 saturated carbocycles. The van der Waals surface area contributed by atoms with Gasteiger partial charge in [0.05, 0.1) is 12.6 Å². The Hall–Kier alpha value is -2.88. The second-order valence-electron chi connectivity index (χ2n) is 5.37. The molecule has 0 aliphatic rings. The Labute approximate surface area is 137 Å². The fraction of sp³-hybridized carbons (Fsp3) is 0.294. The van der Waals surface area contributed by atoms with Gasteiger partial charge in [-0.05, 0) is 31.5 Å². The van der Waals surface area contributed by atoms with Crippen molar-refractivity contribution in [3.05, 3.63) is 57.0 Å². The molecule has 24 heavy (non-hydrogen) atoms. The molecule has 5 nitrogen and oxygen atoms in total. The largest absolute Gasteiger partial charge is 0.341 e. The summed E-state index contributed by atoms with van der Waals surface area (Å²) in [4.78, 5) is 24.8. The number of amides is 1. The van der Waals surface area contributed by atoms with Crippen molar-refractivity contribution < 1.29 is 13.6 Å². The van der Waals surface area contributed by atoms with Crippen LogP contribution in [0.5, 0.6) is 0 Å². The average Bonchev–Trinajstić information content (AvgIpc) is 2.77. The van der Waals surface area contributed by atoms with E-state index in [1.165, 1.54) is 15.4 Å². The van der Waals surface area contributed by atoms with E-state index in [1.807, 2.05) is 0 Å². The van der Waals surface area contributed by atoms with Crippen molar-refractivity contribution in [1.29, 1.82) is 0 Å². The van der Waals surface area contributed by atoms with Gasteiger partial charge in [-0.2, -0.15) is 0 Å². The second kappa shape index (κ2) is 6.71. The minimum atomic E-state index is -0.995. The van der Waals surface area contributed by atoms with Crippen LogP contribution in [-0.2, 0) is 7.05 Å². The lowest BCUT2D eigenvalue weighted by Crippen LogP contribution is -2.32. The maximum Gasteiger partial charge on any atom is 0.280 e. The zero-order valence-corrected chi connectivity index (χ0v) is 13.6. The van der Waals surface area contributed by atoms with Crippen molar-refractivity contribution >= 4 is 5.91 Å². The van der Waals surface area contributed by atoms with E-state index in [-0.39, 0.29) is 12.1 Å². The maximum atomic E-state index is 13.5. The van der Waals surface area contributed by atoms with Crippen LogP contribution in [0.1, 0.15) is 34.6 Å². The standard InChI is InChI=1S/C17H17F2N3O2/c1-5-8-20-16(23)15-11(3)21(4)22(17(15)24)10(2)12-6-7-13(18)14(19)9-12/h1,6-7,9-10H,8H2,2-4H3,(H,20,23). The molecular weight excluding hydrogens is 316 g/mol. The number of nitrogens with zero attached hydrogens (tertiary/aromatic N) is 2. The van der Waals surface area contributed by atoms with E-state index in [2.05, 4.69) is 11.2 Å². The molecule has 0 radical (unpaired) electrons. The van der Waals surface area contributed by atoms with Gasteiger partial charge in [-0.15, -0.1) is 6.42 Å². The monoisotopic (exact) mass is 333 g/mol. The summed E-state index contributed by atoms with van der Waals surface area (Å²) in [7, 11) is 1.62. The number of halogens is 2. The number of carbonyl (C=O) groups excluding carboxylic acids is 1. The maximum absolute atomic E-state index is 13.5. The van der Waals surface area contributed by atoms with Crippen LogP contribution in [0.25, 0.3) is 0 Å². The fourth-order valence-corrected chi connectivity index (χ4v) is 2.56. The number of aromatic nitrogens is 2. The van der Waals surface area contributed by atoms with Crippen LogP contribution in [0.2, 0.25) is 0 Å². The number of nitrogens with one attached hydrogen (secondary N) is 1. The molecule has 0 saturated heterocycles. The molecule has 0 aliphatic heterocycles. The predicted molar refractivity (Wildman–Crippen MR) is 85.7 cm³/mol. The highest BCUT2D eigenvalue weighted by Crippen LogP contribution is 2.20. The van der Waals surface area contributed by atoms with Crippen LogP contribution < -0.4 is 10.9 Å². The molecule has 0 aliphatic carbocycles. The van der Waals surface area contributed by atoms with Gasteiger partial charge < -0.3 is 5.32 Å². The topological polar surface area (TPSA) is 56.0 Å². The molecule has 1 aromatic heterocycles. The van der Waals surface area contributed by atoms with Crippen molar-refractivity contribution in [1.82, 2.24) is 14.7 Å². The van der Waals surface area contributed by atoms with E-state index in [9.17, 15) is 18.4 Å². The first-order valence-corrected chi connectivity index (χ1v) is 7.24. The van der Waals surface area contributed by atoms with Gasteiger partial charge in [0.2, 0.25) is 0 Å². The van der Waals surface area contributed by atoms with Gasteiger partial charge in [0, 0.05) is 12.7 Å². The van der Waals surface area contributed by atoms with E-state index >= 15 is 0 Å². The summed E-state index contributed by atoms with van der Waals surface area (Å²) in [5.41, 5.74) is 0.306. The van der Waals surface area contributed by atoms with Gasteiger partial charge in [0.1, 0.15) is 5.56 Å². The molecule has 1 aromatic carbocycles. The Kier molecular flexibility index (Phi) is 4.88. The predicted octanol–water partition coefficient (Wildman–Crippen LogP) is 1.75. The summed E-state index contributed by atoms with van der Waals surface area (Å²) < 4.78 is 29.4. The van der Waals surface area contributed by atoms with Crippen molar-refractivity contribution in [2.45, 2.75) is 19.9 Å². The zero-order valence-electron chi connectivity index (χ0n) is 13.6. The van der Waals surface area contributed by atoms with Crippen LogP contribution in [0.15, 0.2) is 23.0 Å². The lowest BCUT2D eigenvalue weighted by Gasteiger charge is -2.17. The van der Waals surface area contributed by atoms with E-state index in [0.717, 1.165) is 12.1 Å². The molecule has 7 heteroatoms. The molecular formula is C17H17F2N3O2. The van der Waals surface area contributed by atoms with Crippen LogP contribution >= 0.6 is 0 Å². The van der Waals surface area contributed by atoms with Gasteiger partial charge in [0.15, 0.2) is 11.6 Å². The fourth-order valence-electron chi connectivity index (χ4n) is 2.56. The number of rotatable bonds is 4. The lowest BCUT2D eigenvalue weighted by atomic mass is 10.1. The molecule has 2 aromatic rings. The summed E-state index contributed by atoms with van der Waals surface area (Å²) >= 11 is 0. The summed E-state index contributed by atoms with van der Waals surface area (Å²) in [5, 5.41) is 2.45. The van der Waals surface area contributed by atoms with Crippen LogP contribution in [0.3, 0.4) is 0 Å². The van der Waals surface area contributed by atoms with Crippen molar-refractivity contribution in [2.24, 2.45) is 7.05 Å². The minimum Gasteiger partial charge on any atom is -0.341 e. The Morgan fingerprint density at radius 1 is 1.38 bits per heavy atom. The molecule has 126 valence electrons. The SMILES string of the molecule is C#CCNC(=O)c1c(C)n(C)n(C(C)c2ccc(F)c(F)c2)c1=O. The first-order chi connectivity index (χ1) is 11.3. The van der Waals surface area contributed by atoms with E-state index in [1.54, 1.807) is 20.9 Å². The van der Waals surface area contributed by atoms with Gasteiger partial charge in [-0.1, -0.05) is 12.0 Å². The van der Waals surface area contributed by atoms with Crippen molar-refractivity contribution in [2.75, 3.05) is 6.54 Å². The molecule has 1 N–H and O–H groups in total. The van der Waals surface area contributed by atoms with Gasteiger partial charge in [0.25, 0.3) is 11.5 Å².